The summed E-state index contributed by atoms with van der Waals surface area (Å²) in [5, 5.41) is 4.89. The summed E-state index contributed by atoms with van der Waals surface area (Å²) in [5.74, 6) is -2.17. The normalized spacial score (nSPS) is 9.93. The van der Waals surface area contributed by atoms with Gasteiger partial charge in [-0.05, 0) is 31.2 Å². The van der Waals surface area contributed by atoms with Crippen molar-refractivity contribution in [3.8, 4) is 5.75 Å². The lowest BCUT2D eigenvalue weighted by molar-refractivity contribution is -0.146. The number of nitrogens with one attached hydrogen (secondary N) is 2. The van der Waals surface area contributed by atoms with Crippen LogP contribution >= 0.6 is 0 Å². The fourth-order valence-corrected chi connectivity index (χ4v) is 2.45. The second-order valence-electron chi connectivity index (χ2n) is 5.86. The molecule has 0 aliphatic carbocycles. The minimum Gasteiger partial charge on any atom is -0.493 e. The maximum atomic E-state index is 12.2. The quantitative estimate of drug-likeness (QED) is 0.600. The highest BCUT2D eigenvalue weighted by atomic mass is 16.5. The zero-order chi connectivity index (χ0) is 21.9. The molecule has 0 saturated heterocycles. The van der Waals surface area contributed by atoms with Gasteiger partial charge in [-0.3, -0.25) is 14.4 Å². The minimum atomic E-state index is -0.798. The first-order valence-corrected chi connectivity index (χ1v) is 9.09. The van der Waals surface area contributed by atoms with Crippen LogP contribution in [-0.2, 0) is 19.1 Å². The summed E-state index contributed by atoms with van der Waals surface area (Å²) in [7, 11) is 1.23. The third kappa shape index (κ3) is 6.33. The molecule has 2 rings (SSSR count). The van der Waals surface area contributed by atoms with E-state index in [1.807, 2.05) is 0 Å². The van der Waals surface area contributed by atoms with Crippen LogP contribution in [0.3, 0.4) is 0 Å². The van der Waals surface area contributed by atoms with Gasteiger partial charge < -0.3 is 24.8 Å². The summed E-state index contributed by atoms with van der Waals surface area (Å²) in [6.45, 7) is 1.17. The van der Waals surface area contributed by atoms with Gasteiger partial charge in [-0.2, -0.15) is 0 Å². The molecule has 2 aromatic carbocycles. The monoisotopic (exact) mass is 414 g/mol. The fourth-order valence-electron chi connectivity index (χ4n) is 2.45. The first-order chi connectivity index (χ1) is 14.5. The van der Waals surface area contributed by atoms with Crippen LogP contribution in [0, 0.1) is 0 Å². The summed E-state index contributed by atoms with van der Waals surface area (Å²) in [5.41, 5.74) is 0.676. The Bertz CT molecular complexity index is 927. The van der Waals surface area contributed by atoms with Gasteiger partial charge in [-0.1, -0.05) is 24.3 Å². The topological polar surface area (TPSA) is 120 Å². The van der Waals surface area contributed by atoms with Crippen LogP contribution in [0.2, 0.25) is 0 Å². The molecule has 0 saturated carbocycles. The third-order valence-corrected chi connectivity index (χ3v) is 3.80. The van der Waals surface area contributed by atoms with Gasteiger partial charge in [0.1, 0.15) is 12.3 Å². The first-order valence-electron chi connectivity index (χ1n) is 9.09. The van der Waals surface area contributed by atoms with E-state index in [-0.39, 0.29) is 16.8 Å². The highest BCUT2D eigenvalue weighted by Gasteiger charge is 2.16. The molecule has 2 amide bonds. The van der Waals surface area contributed by atoms with Crippen molar-refractivity contribution in [2.75, 3.05) is 32.2 Å². The Kier molecular flexibility index (Phi) is 8.37. The van der Waals surface area contributed by atoms with Gasteiger partial charge in [-0.15, -0.1) is 0 Å². The molecule has 0 radical (unpaired) electrons. The molecule has 0 spiro atoms. The van der Waals surface area contributed by atoms with Gasteiger partial charge in [0.05, 0.1) is 30.5 Å². The van der Waals surface area contributed by atoms with Crippen molar-refractivity contribution in [3.05, 3.63) is 59.7 Å². The average Bonchev–Trinajstić information content (AvgIpc) is 2.76. The van der Waals surface area contributed by atoms with Crippen LogP contribution in [0.1, 0.15) is 27.6 Å². The summed E-state index contributed by atoms with van der Waals surface area (Å²) in [6.07, 6.45) is 0. The summed E-state index contributed by atoms with van der Waals surface area (Å²) >= 11 is 0. The number of benzene rings is 2. The fraction of sp³-hybridized carbons (Fsp3) is 0.238. The van der Waals surface area contributed by atoms with Gasteiger partial charge in [0.2, 0.25) is 0 Å². The Hall–Kier alpha value is -3.88. The number of ether oxygens (including phenoxy) is 3. The van der Waals surface area contributed by atoms with Crippen molar-refractivity contribution in [1.82, 2.24) is 5.32 Å². The van der Waals surface area contributed by atoms with Gasteiger partial charge in [-0.25, -0.2) is 4.79 Å². The average molecular weight is 414 g/mol. The van der Waals surface area contributed by atoms with Crippen LogP contribution in [0.5, 0.6) is 5.75 Å². The molecule has 0 unspecified atom stereocenters. The highest BCUT2D eigenvalue weighted by molar-refractivity contribution is 6.02. The number of carbonyl (C=O) groups is 4. The first kappa shape index (κ1) is 22.4. The minimum absolute atomic E-state index is 0.167. The van der Waals surface area contributed by atoms with Crippen LogP contribution in [-0.4, -0.2) is 50.6 Å². The third-order valence-electron chi connectivity index (χ3n) is 3.80. The molecule has 0 fully saturated rings. The van der Waals surface area contributed by atoms with Gasteiger partial charge in [0.25, 0.3) is 11.8 Å². The predicted octanol–water partition coefficient (Wildman–Crippen LogP) is 1.78. The zero-order valence-electron chi connectivity index (χ0n) is 16.6. The Morgan fingerprint density at radius 2 is 1.60 bits per heavy atom. The van der Waals surface area contributed by atoms with Crippen LogP contribution < -0.4 is 15.4 Å². The van der Waals surface area contributed by atoms with E-state index >= 15 is 0 Å². The standard InChI is InChI=1S/C21H22N2O7/c1-3-29-17-11-7-5-9-15(17)20(26)22-12-19(25)30-13-18(24)23-16-10-6-4-8-14(16)21(27)28-2/h4-11H,3,12-13H2,1-2H3,(H,22,26)(H,23,24). The molecule has 0 bridgehead atoms. The maximum absolute atomic E-state index is 12.2. The molecule has 0 atom stereocenters. The van der Waals surface area contributed by atoms with E-state index in [4.69, 9.17) is 9.47 Å². The molecule has 158 valence electrons. The number of rotatable bonds is 9. The molecule has 0 aromatic heterocycles. The van der Waals surface area contributed by atoms with Crippen molar-refractivity contribution in [2.24, 2.45) is 0 Å². The van der Waals surface area contributed by atoms with Crippen molar-refractivity contribution in [2.45, 2.75) is 6.92 Å². The Labute approximate surface area is 173 Å². The SMILES string of the molecule is CCOc1ccccc1C(=O)NCC(=O)OCC(=O)Nc1ccccc1C(=O)OC. The van der Waals surface area contributed by atoms with Crippen molar-refractivity contribution in [1.29, 1.82) is 0 Å². The smallest absolute Gasteiger partial charge is 0.339 e. The Morgan fingerprint density at radius 3 is 2.30 bits per heavy atom. The molecule has 0 aliphatic heterocycles. The molecule has 2 aromatic rings. The lowest BCUT2D eigenvalue weighted by Crippen LogP contribution is -2.32. The number of para-hydroxylation sites is 2. The van der Waals surface area contributed by atoms with Crippen LogP contribution in [0.25, 0.3) is 0 Å². The Morgan fingerprint density at radius 1 is 0.933 bits per heavy atom. The zero-order valence-corrected chi connectivity index (χ0v) is 16.6. The van der Waals surface area contributed by atoms with Crippen molar-refractivity contribution < 1.29 is 33.4 Å². The summed E-state index contributed by atoms with van der Waals surface area (Å²) in [6, 6.07) is 12.9. The van der Waals surface area contributed by atoms with E-state index in [2.05, 4.69) is 15.4 Å². The summed E-state index contributed by atoms with van der Waals surface area (Å²) < 4.78 is 14.9. The number of anilines is 1. The lowest BCUT2D eigenvalue weighted by Gasteiger charge is -2.11. The van der Waals surface area contributed by atoms with Crippen LogP contribution in [0.4, 0.5) is 5.69 Å². The van der Waals surface area contributed by atoms with E-state index in [1.165, 1.54) is 19.2 Å². The predicted molar refractivity (Wildman–Crippen MR) is 107 cm³/mol. The van der Waals surface area contributed by atoms with E-state index in [1.54, 1.807) is 43.3 Å². The number of hydrogen-bond donors (Lipinski definition) is 2. The van der Waals surface area contributed by atoms with Gasteiger partial charge in [0, 0.05) is 0 Å². The molecule has 2 N–H and O–H groups in total. The van der Waals surface area contributed by atoms with E-state index in [0.717, 1.165) is 0 Å². The number of esters is 2. The number of hydrogen-bond acceptors (Lipinski definition) is 7. The lowest BCUT2D eigenvalue weighted by atomic mass is 10.2. The maximum Gasteiger partial charge on any atom is 0.339 e. The number of amides is 2. The summed E-state index contributed by atoms with van der Waals surface area (Å²) in [4.78, 5) is 47.8. The molecule has 0 heterocycles. The van der Waals surface area contributed by atoms with Crippen molar-refractivity contribution in [3.63, 3.8) is 0 Å². The second kappa shape index (κ2) is 11.2. The highest BCUT2D eigenvalue weighted by Crippen LogP contribution is 2.18. The van der Waals surface area contributed by atoms with Crippen molar-refractivity contribution >= 4 is 29.4 Å². The molecule has 9 nitrogen and oxygen atoms in total. The largest absolute Gasteiger partial charge is 0.493 e. The van der Waals surface area contributed by atoms with E-state index < -0.39 is 36.9 Å². The molecule has 30 heavy (non-hydrogen) atoms. The molecule has 0 aliphatic rings. The van der Waals surface area contributed by atoms with Crippen LogP contribution in [0.15, 0.2) is 48.5 Å². The van der Waals surface area contributed by atoms with E-state index in [0.29, 0.717) is 12.4 Å². The van der Waals surface area contributed by atoms with E-state index in [9.17, 15) is 19.2 Å². The molecule has 9 heteroatoms. The second-order valence-corrected chi connectivity index (χ2v) is 5.86. The van der Waals surface area contributed by atoms with Gasteiger partial charge >= 0.3 is 11.9 Å². The number of methoxy groups -OCH3 is 1. The molecular formula is C21H22N2O7. The Balaban J connectivity index is 1.83. The number of carbonyl (C=O) groups excluding carboxylic acids is 4. The van der Waals surface area contributed by atoms with Gasteiger partial charge in [0.15, 0.2) is 6.61 Å². The molecular weight excluding hydrogens is 392 g/mol.